The van der Waals surface area contributed by atoms with Gasteiger partial charge in [0.15, 0.2) is 0 Å². The van der Waals surface area contributed by atoms with Crippen LogP contribution in [0.5, 0.6) is 0 Å². The first kappa shape index (κ1) is 16.3. The van der Waals surface area contributed by atoms with Gasteiger partial charge in [0.05, 0.1) is 0 Å². The molecule has 120 valence electrons. The van der Waals surface area contributed by atoms with Crippen LogP contribution in [-0.2, 0) is 9.59 Å². The van der Waals surface area contributed by atoms with Gasteiger partial charge in [0.25, 0.3) is 0 Å². The van der Waals surface area contributed by atoms with E-state index in [-0.39, 0.29) is 17.7 Å². The highest BCUT2D eigenvalue weighted by molar-refractivity contribution is 5.80. The number of hydrogen-bond acceptors (Lipinski definition) is 2. The van der Waals surface area contributed by atoms with Gasteiger partial charge in [-0.25, -0.2) is 0 Å². The minimum Gasteiger partial charge on any atom is -0.369 e. The van der Waals surface area contributed by atoms with Gasteiger partial charge in [-0.05, 0) is 38.5 Å². The highest BCUT2D eigenvalue weighted by Gasteiger charge is 2.31. The summed E-state index contributed by atoms with van der Waals surface area (Å²) in [5.74, 6) is 0.259. The lowest BCUT2D eigenvalue weighted by atomic mass is 9.81. The average molecular weight is 294 g/mol. The van der Waals surface area contributed by atoms with Gasteiger partial charge in [-0.2, -0.15) is 0 Å². The van der Waals surface area contributed by atoms with E-state index in [1.54, 1.807) is 0 Å². The van der Waals surface area contributed by atoms with Crippen molar-refractivity contribution in [2.24, 2.45) is 17.6 Å². The van der Waals surface area contributed by atoms with Crippen LogP contribution in [0.4, 0.5) is 0 Å². The van der Waals surface area contributed by atoms with Gasteiger partial charge >= 0.3 is 0 Å². The van der Waals surface area contributed by atoms with Gasteiger partial charge in [-0.1, -0.05) is 32.1 Å². The second kappa shape index (κ2) is 8.40. The lowest BCUT2D eigenvalue weighted by Gasteiger charge is -2.31. The number of rotatable bonds is 2. The van der Waals surface area contributed by atoms with Gasteiger partial charge in [0.1, 0.15) is 0 Å². The zero-order valence-corrected chi connectivity index (χ0v) is 13.2. The van der Waals surface area contributed by atoms with Crippen LogP contribution < -0.4 is 5.73 Å². The Morgan fingerprint density at radius 2 is 1.14 bits per heavy atom. The molecule has 21 heavy (non-hydrogen) atoms. The molecule has 1 aliphatic heterocycles. The summed E-state index contributed by atoms with van der Waals surface area (Å²) in [6, 6.07) is 0. The number of nitrogens with zero attached hydrogens (tertiary/aromatic N) is 1. The van der Waals surface area contributed by atoms with E-state index >= 15 is 0 Å². The molecule has 2 aliphatic rings. The third-order valence-electron chi connectivity index (χ3n) is 5.15. The molecule has 0 spiro atoms. The summed E-state index contributed by atoms with van der Waals surface area (Å²) in [4.78, 5) is 26.0. The Labute approximate surface area is 128 Å². The van der Waals surface area contributed by atoms with Gasteiger partial charge in [-0.15, -0.1) is 0 Å². The molecule has 1 saturated carbocycles. The summed E-state index contributed by atoms with van der Waals surface area (Å²) in [7, 11) is 0. The SMILES string of the molecule is NC(=O)C1CCC(C(=O)N2CCCCCCCCC2)CC1. The van der Waals surface area contributed by atoms with Crippen LogP contribution in [0.1, 0.15) is 70.6 Å². The Kier molecular flexibility index (Phi) is 6.52. The molecule has 0 aromatic carbocycles. The van der Waals surface area contributed by atoms with Crippen molar-refractivity contribution in [2.75, 3.05) is 13.1 Å². The van der Waals surface area contributed by atoms with E-state index in [4.69, 9.17) is 5.73 Å². The Balaban J connectivity index is 1.83. The standard InChI is InChI=1S/C17H30N2O2/c18-16(20)14-8-10-15(11-9-14)17(21)19-12-6-4-2-1-3-5-7-13-19/h14-15H,1-13H2,(H2,18,20). The van der Waals surface area contributed by atoms with Crippen LogP contribution in [0, 0.1) is 11.8 Å². The van der Waals surface area contributed by atoms with Crippen LogP contribution in [0.25, 0.3) is 0 Å². The van der Waals surface area contributed by atoms with E-state index in [9.17, 15) is 9.59 Å². The number of carbonyl (C=O) groups excluding carboxylic acids is 2. The molecule has 0 bridgehead atoms. The molecule has 2 fully saturated rings. The number of primary amides is 1. The first-order chi connectivity index (χ1) is 10.2. The van der Waals surface area contributed by atoms with Crippen LogP contribution >= 0.6 is 0 Å². The van der Waals surface area contributed by atoms with Crippen molar-refractivity contribution in [3.05, 3.63) is 0 Å². The van der Waals surface area contributed by atoms with E-state index in [0.717, 1.165) is 51.6 Å². The van der Waals surface area contributed by atoms with Crippen LogP contribution in [0.2, 0.25) is 0 Å². The first-order valence-corrected chi connectivity index (χ1v) is 8.76. The molecule has 1 aliphatic carbocycles. The second-order valence-corrected chi connectivity index (χ2v) is 6.75. The van der Waals surface area contributed by atoms with E-state index < -0.39 is 0 Å². The predicted molar refractivity (Wildman–Crippen MR) is 83.5 cm³/mol. The molecule has 0 aromatic rings. The van der Waals surface area contributed by atoms with E-state index in [1.165, 1.54) is 32.1 Å². The number of carbonyl (C=O) groups is 2. The van der Waals surface area contributed by atoms with Crippen LogP contribution in [0.15, 0.2) is 0 Å². The van der Waals surface area contributed by atoms with Crippen molar-refractivity contribution >= 4 is 11.8 Å². The fourth-order valence-electron chi connectivity index (χ4n) is 3.70. The Bertz CT molecular complexity index is 339. The fourth-order valence-corrected chi connectivity index (χ4v) is 3.70. The average Bonchev–Trinajstić information content (AvgIpc) is 2.52. The molecule has 2 amide bonds. The molecule has 4 heteroatoms. The summed E-state index contributed by atoms with van der Waals surface area (Å²) in [5, 5.41) is 0. The highest BCUT2D eigenvalue weighted by Crippen LogP contribution is 2.30. The molecule has 0 unspecified atom stereocenters. The van der Waals surface area contributed by atoms with Crippen molar-refractivity contribution < 1.29 is 9.59 Å². The number of amides is 2. The van der Waals surface area contributed by atoms with E-state index in [2.05, 4.69) is 4.90 Å². The molecule has 1 heterocycles. The molecule has 0 aromatic heterocycles. The molecule has 0 radical (unpaired) electrons. The van der Waals surface area contributed by atoms with E-state index in [0.29, 0.717) is 5.91 Å². The van der Waals surface area contributed by atoms with Crippen LogP contribution in [-0.4, -0.2) is 29.8 Å². The predicted octanol–water partition coefficient (Wildman–Crippen LogP) is 2.85. The quantitative estimate of drug-likeness (QED) is 0.851. The molecular formula is C17H30N2O2. The third-order valence-corrected chi connectivity index (χ3v) is 5.15. The first-order valence-electron chi connectivity index (χ1n) is 8.76. The maximum absolute atomic E-state index is 12.7. The molecular weight excluding hydrogens is 264 g/mol. The fraction of sp³-hybridized carbons (Fsp3) is 0.882. The Morgan fingerprint density at radius 1 is 0.714 bits per heavy atom. The van der Waals surface area contributed by atoms with Crippen molar-refractivity contribution in [3.63, 3.8) is 0 Å². The smallest absolute Gasteiger partial charge is 0.225 e. The second-order valence-electron chi connectivity index (χ2n) is 6.75. The van der Waals surface area contributed by atoms with E-state index in [1.807, 2.05) is 0 Å². The molecule has 0 atom stereocenters. The zero-order valence-electron chi connectivity index (χ0n) is 13.2. The molecule has 2 N–H and O–H groups in total. The maximum Gasteiger partial charge on any atom is 0.225 e. The number of nitrogens with two attached hydrogens (primary N) is 1. The summed E-state index contributed by atoms with van der Waals surface area (Å²) in [6.45, 7) is 1.85. The molecule has 2 rings (SSSR count). The van der Waals surface area contributed by atoms with Crippen molar-refractivity contribution in [1.82, 2.24) is 4.90 Å². The lowest BCUT2D eigenvalue weighted by Crippen LogP contribution is -2.40. The normalized spacial score (nSPS) is 28.9. The molecule has 4 nitrogen and oxygen atoms in total. The van der Waals surface area contributed by atoms with Crippen molar-refractivity contribution in [2.45, 2.75) is 70.6 Å². The lowest BCUT2D eigenvalue weighted by molar-refractivity contribution is -0.138. The van der Waals surface area contributed by atoms with Crippen molar-refractivity contribution in [3.8, 4) is 0 Å². The minimum atomic E-state index is -0.195. The third kappa shape index (κ3) is 5.01. The molecule has 1 saturated heterocycles. The Morgan fingerprint density at radius 3 is 1.62 bits per heavy atom. The summed E-state index contributed by atoms with van der Waals surface area (Å²) < 4.78 is 0. The number of hydrogen-bond donors (Lipinski definition) is 1. The topological polar surface area (TPSA) is 63.4 Å². The van der Waals surface area contributed by atoms with Crippen molar-refractivity contribution in [1.29, 1.82) is 0 Å². The maximum atomic E-state index is 12.7. The van der Waals surface area contributed by atoms with Gasteiger partial charge in [-0.3, -0.25) is 9.59 Å². The van der Waals surface area contributed by atoms with Gasteiger partial charge in [0, 0.05) is 24.9 Å². The van der Waals surface area contributed by atoms with Gasteiger partial charge < -0.3 is 10.6 Å². The zero-order chi connectivity index (χ0) is 15.1. The Hall–Kier alpha value is -1.06. The summed E-state index contributed by atoms with van der Waals surface area (Å²) in [5.41, 5.74) is 5.37. The summed E-state index contributed by atoms with van der Waals surface area (Å²) in [6.07, 6.45) is 12.0. The van der Waals surface area contributed by atoms with Gasteiger partial charge in [0.2, 0.25) is 11.8 Å². The minimum absolute atomic E-state index is 0.00639. The monoisotopic (exact) mass is 294 g/mol. The largest absolute Gasteiger partial charge is 0.369 e. The summed E-state index contributed by atoms with van der Waals surface area (Å²) >= 11 is 0. The van der Waals surface area contributed by atoms with Crippen LogP contribution in [0.3, 0.4) is 0 Å². The highest BCUT2D eigenvalue weighted by atomic mass is 16.2.